The third-order valence-corrected chi connectivity index (χ3v) is 1.58. The van der Waals surface area contributed by atoms with Crippen molar-refractivity contribution in [2.75, 3.05) is 0 Å². The molecular formula is C8H7FN2S. The maximum Gasteiger partial charge on any atom is 0.212 e. The van der Waals surface area contributed by atoms with E-state index in [4.69, 9.17) is 0 Å². The number of nitrogens with zero attached hydrogens (tertiary/aromatic N) is 2. The van der Waals surface area contributed by atoms with E-state index in [1.54, 1.807) is 6.07 Å². The molecule has 1 unspecified atom stereocenters. The quantitative estimate of drug-likeness (QED) is 0.398. The van der Waals surface area contributed by atoms with E-state index >= 15 is 0 Å². The molecule has 0 aliphatic rings. The second-order valence-electron chi connectivity index (χ2n) is 2.31. The number of hydrogen-bond acceptors (Lipinski definition) is 3. The maximum atomic E-state index is 12.4. The van der Waals surface area contributed by atoms with Gasteiger partial charge in [0.2, 0.25) is 5.95 Å². The molecule has 0 aliphatic heterocycles. The zero-order valence-corrected chi connectivity index (χ0v) is 7.31. The number of pyridine rings is 1. The van der Waals surface area contributed by atoms with Crippen LogP contribution in [0.3, 0.4) is 0 Å². The minimum atomic E-state index is -0.489. The molecular weight excluding hydrogens is 175 g/mol. The van der Waals surface area contributed by atoms with Crippen LogP contribution in [-0.2, 0) is 0 Å². The van der Waals surface area contributed by atoms with E-state index in [0.29, 0.717) is 0 Å². The Morgan fingerprint density at radius 2 is 2.42 bits per heavy atom. The first kappa shape index (κ1) is 8.97. The fourth-order valence-electron chi connectivity index (χ4n) is 0.788. The molecule has 0 bridgehead atoms. The van der Waals surface area contributed by atoms with Crippen molar-refractivity contribution < 1.29 is 4.39 Å². The Labute approximate surface area is 75.2 Å². The van der Waals surface area contributed by atoms with Crippen LogP contribution in [0.4, 0.5) is 4.39 Å². The minimum absolute atomic E-state index is 0.101. The molecule has 0 saturated heterocycles. The fourth-order valence-corrected chi connectivity index (χ4v) is 0.946. The molecule has 2 nitrogen and oxygen atoms in total. The van der Waals surface area contributed by atoms with Crippen LogP contribution in [0.25, 0.3) is 0 Å². The van der Waals surface area contributed by atoms with Gasteiger partial charge in [-0.05, 0) is 30.8 Å². The van der Waals surface area contributed by atoms with Crippen LogP contribution < -0.4 is 0 Å². The molecule has 4 heteroatoms. The molecule has 0 saturated carbocycles. The van der Waals surface area contributed by atoms with Gasteiger partial charge in [0.1, 0.15) is 0 Å². The lowest BCUT2D eigenvalue weighted by molar-refractivity contribution is 0.581. The van der Waals surface area contributed by atoms with Gasteiger partial charge >= 0.3 is 0 Å². The number of hydrogen-bond donors (Lipinski definition) is 0. The molecule has 0 spiro atoms. The van der Waals surface area contributed by atoms with Crippen LogP contribution in [0, 0.1) is 5.95 Å². The van der Waals surface area contributed by atoms with Gasteiger partial charge in [0.05, 0.1) is 11.2 Å². The lowest BCUT2D eigenvalue weighted by atomic mass is 10.1. The van der Waals surface area contributed by atoms with Crippen molar-refractivity contribution in [2.24, 2.45) is 4.99 Å². The predicted octanol–water partition coefficient (Wildman–Crippen LogP) is 2.38. The van der Waals surface area contributed by atoms with Crippen molar-refractivity contribution in [1.82, 2.24) is 4.98 Å². The molecule has 0 fully saturated rings. The molecule has 0 amide bonds. The van der Waals surface area contributed by atoms with Crippen LogP contribution in [0.15, 0.2) is 23.3 Å². The molecule has 1 rings (SSSR count). The van der Waals surface area contributed by atoms with Crippen molar-refractivity contribution >= 4 is 17.4 Å². The summed E-state index contributed by atoms with van der Waals surface area (Å²) in [6.45, 7) is 1.84. The monoisotopic (exact) mass is 182 g/mol. The average molecular weight is 182 g/mol. The number of halogens is 1. The Bertz CT molecular complexity index is 303. The van der Waals surface area contributed by atoms with Crippen molar-refractivity contribution in [3.8, 4) is 0 Å². The Balaban J connectivity index is 2.89. The first-order chi connectivity index (χ1) is 5.74. The third kappa shape index (κ3) is 2.19. The number of thiocarbonyl (C=S) groups is 1. The van der Waals surface area contributed by atoms with Crippen LogP contribution in [0.1, 0.15) is 18.5 Å². The van der Waals surface area contributed by atoms with Crippen molar-refractivity contribution in [2.45, 2.75) is 13.0 Å². The lowest BCUT2D eigenvalue weighted by Gasteiger charge is -2.02. The number of aliphatic imine (C=N–C) groups is 1. The molecule has 0 aromatic carbocycles. The molecule has 1 heterocycles. The highest BCUT2D eigenvalue weighted by molar-refractivity contribution is 7.78. The Kier molecular flexibility index (Phi) is 3.02. The molecule has 62 valence electrons. The van der Waals surface area contributed by atoms with Gasteiger partial charge in [-0.15, -0.1) is 0 Å². The van der Waals surface area contributed by atoms with E-state index in [9.17, 15) is 4.39 Å². The van der Waals surface area contributed by atoms with Crippen LogP contribution >= 0.6 is 12.2 Å². The molecule has 0 aliphatic carbocycles. The summed E-state index contributed by atoms with van der Waals surface area (Å²) in [7, 11) is 0. The zero-order valence-electron chi connectivity index (χ0n) is 6.49. The van der Waals surface area contributed by atoms with Gasteiger partial charge in [-0.25, -0.2) is 9.98 Å². The third-order valence-electron chi connectivity index (χ3n) is 1.48. The highest BCUT2D eigenvalue weighted by atomic mass is 32.1. The number of aromatic nitrogens is 1. The minimum Gasteiger partial charge on any atom is -0.228 e. The molecule has 1 atom stereocenters. The molecule has 1 aromatic heterocycles. The molecule has 12 heavy (non-hydrogen) atoms. The second-order valence-corrected chi connectivity index (χ2v) is 2.49. The summed E-state index contributed by atoms with van der Waals surface area (Å²) in [5, 5.41) is 2.27. The summed E-state index contributed by atoms with van der Waals surface area (Å²) >= 11 is 4.44. The average Bonchev–Trinajstić information content (AvgIpc) is 2.06. The smallest absolute Gasteiger partial charge is 0.212 e. The lowest BCUT2D eigenvalue weighted by Crippen LogP contribution is -1.91. The van der Waals surface area contributed by atoms with E-state index in [-0.39, 0.29) is 6.04 Å². The maximum absolute atomic E-state index is 12.4. The number of isothiocyanates is 1. The van der Waals surface area contributed by atoms with Gasteiger partial charge in [-0.2, -0.15) is 4.39 Å². The first-order valence-corrected chi connectivity index (χ1v) is 3.83. The Morgan fingerprint density at radius 3 is 2.92 bits per heavy atom. The Morgan fingerprint density at radius 1 is 1.67 bits per heavy atom. The zero-order chi connectivity index (χ0) is 8.97. The molecule has 0 radical (unpaired) electrons. The van der Waals surface area contributed by atoms with Crippen molar-refractivity contribution in [3.05, 3.63) is 29.8 Å². The predicted molar refractivity (Wildman–Crippen MR) is 47.6 cm³/mol. The van der Waals surface area contributed by atoms with Gasteiger partial charge in [0.25, 0.3) is 0 Å². The largest absolute Gasteiger partial charge is 0.228 e. The van der Waals surface area contributed by atoms with Gasteiger partial charge in [0.15, 0.2) is 0 Å². The summed E-state index contributed by atoms with van der Waals surface area (Å²) in [4.78, 5) is 7.32. The summed E-state index contributed by atoms with van der Waals surface area (Å²) in [6.07, 6.45) is 1.44. The Hall–Kier alpha value is -1.12. The standard InChI is InChI=1S/C8H7FN2S/c1-6(11-5-12)7-2-3-8(9)10-4-7/h2-4,6H,1H3. The van der Waals surface area contributed by atoms with Gasteiger partial charge in [0, 0.05) is 6.20 Å². The van der Waals surface area contributed by atoms with E-state index in [1.807, 2.05) is 6.92 Å². The normalized spacial score (nSPS) is 11.8. The van der Waals surface area contributed by atoms with E-state index < -0.39 is 5.95 Å². The van der Waals surface area contributed by atoms with Crippen LogP contribution in [-0.4, -0.2) is 10.1 Å². The van der Waals surface area contributed by atoms with Gasteiger partial charge in [-0.3, -0.25) is 0 Å². The first-order valence-electron chi connectivity index (χ1n) is 3.42. The van der Waals surface area contributed by atoms with Crippen molar-refractivity contribution in [3.63, 3.8) is 0 Å². The van der Waals surface area contributed by atoms with Gasteiger partial charge in [-0.1, -0.05) is 6.07 Å². The highest BCUT2D eigenvalue weighted by Gasteiger charge is 2.02. The SMILES string of the molecule is CC(N=C=S)c1ccc(F)nc1. The molecule has 1 aromatic rings. The highest BCUT2D eigenvalue weighted by Crippen LogP contribution is 2.14. The summed E-state index contributed by atoms with van der Waals surface area (Å²) < 4.78 is 12.4. The van der Waals surface area contributed by atoms with Crippen LogP contribution in [0.2, 0.25) is 0 Å². The molecule has 0 N–H and O–H groups in total. The summed E-state index contributed by atoms with van der Waals surface area (Å²) in [6, 6.07) is 2.82. The van der Waals surface area contributed by atoms with Gasteiger partial charge < -0.3 is 0 Å². The second kappa shape index (κ2) is 4.04. The number of rotatable bonds is 2. The summed E-state index contributed by atoms with van der Waals surface area (Å²) in [5.74, 6) is -0.489. The van der Waals surface area contributed by atoms with E-state index in [1.165, 1.54) is 12.3 Å². The topological polar surface area (TPSA) is 25.2 Å². The van der Waals surface area contributed by atoms with E-state index in [0.717, 1.165) is 5.56 Å². The van der Waals surface area contributed by atoms with Crippen LogP contribution in [0.5, 0.6) is 0 Å². The van der Waals surface area contributed by atoms with E-state index in [2.05, 4.69) is 27.4 Å². The summed E-state index contributed by atoms with van der Waals surface area (Å²) in [5.41, 5.74) is 0.828. The fraction of sp³-hybridized carbons (Fsp3) is 0.250. The van der Waals surface area contributed by atoms with Crippen molar-refractivity contribution in [1.29, 1.82) is 0 Å².